The molecular formula is C16H16N4. The maximum Gasteiger partial charge on any atom is 0.147 e. The Bertz CT molecular complexity index is 700. The van der Waals surface area contributed by atoms with E-state index in [1.807, 2.05) is 17.7 Å². The van der Waals surface area contributed by atoms with E-state index in [0.717, 1.165) is 28.9 Å². The summed E-state index contributed by atoms with van der Waals surface area (Å²) in [5, 5.41) is 7.71. The van der Waals surface area contributed by atoms with Crippen LogP contribution in [0.5, 0.6) is 0 Å². The second kappa shape index (κ2) is 5.25. The first-order valence-electron chi connectivity index (χ1n) is 6.69. The lowest BCUT2D eigenvalue weighted by Gasteiger charge is -2.10. The molecule has 3 rings (SSSR count). The average Bonchev–Trinajstić information content (AvgIpc) is 3.01. The van der Waals surface area contributed by atoms with Crippen LogP contribution in [-0.4, -0.2) is 19.7 Å². The van der Waals surface area contributed by atoms with Crippen molar-refractivity contribution in [3.05, 3.63) is 60.3 Å². The van der Waals surface area contributed by atoms with Crippen LogP contribution in [0.1, 0.15) is 18.1 Å². The molecule has 0 aliphatic carbocycles. The molecule has 0 saturated carbocycles. The monoisotopic (exact) mass is 264 g/mol. The third-order valence-electron chi connectivity index (χ3n) is 3.34. The summed E-state index contributed by atoms with van der Waals surface area (Å²) in [6.45, 7) is 4.21. The quantitative estimate of drug-likeness (QED) is 0.729. The van der Waals surface area contributed by atoms with Gasteiger partial charge in [-0.2, -0.15) is 0 Å². The van der Waals surface area contributed by atoms with Gasteiger partial charge in [0.25, 0.3) is 0 Å². The molecule has 0 N–H and O–H groups in total. The van der Waals surface area contributed by atoms with Gasteiger partial charge in [0, 0.05) is 11.8 Å². The molecule has 0 atom stereocenters. The van der Waals surface area contributed by atoms with E-state index in [4.69, 9.17) is 0 Å². The van der Waals surface area contributed by atoms with Crippen molar-refractivity contribution in [1.29, 1.82) is 0 Å². The number of aromatic nitrogens is 4. The van der Waals surface area contributed by atoms with Crippen molar-refractivity contribution in [3.8, 4) is 16.9 Å². The summed E-state index contributed by atoms with van der Waals surface area (Å²) >= 11 is 0. The Balaban J connectivity index is 2.13. The minimum Gasteiger partial charge on any atom is -0.271 e. The number of nitrogens with zero attached hydrogens (tertiary/aromatic N) is 4. The molecule has 100 valence electrons. The van der Waals surface area contributed by atoms with Gasteiger partial charge >= 0.3 is 0 Å². The van der Waals surface area contributed by atoms with Gasteiger partial charge in [-0.05, 0) is 36.1 Å². The predicted molar refractivity (Wildman–Crippen MR) is 78.7 cm³/mol. The van der Waals surface area contributed by atoms with Crippen molar-refractivity contribution in [2.45, 2.75) is 20.3 Å². The fourth-order valence-corrected chi connectivity index (χ4v) is 2.21. The van der Waals surface area contributed by atoms with Crippen molar-refractivity contribution < 1.29 is 0 Å². The van der Waals surface area contributed by atoms with Gasteiger partial charge < -0.3 is 0 Å². The maximum absolute atomic E-state index is 4.52. The van der Waals surface area contributed by atoms with Crippen LogP contribution in [0.25, 0.3) is 16.9 Å². The molecule has 3 aromatic rings. The molecule has 0 saturated heterocycles. The second-order valence-corrected chi connectivity index (χ2v) is 4.80. The van der Waals surface area contributed by atoms with Gasteiger partial charge in [-0.1, -0.05) is 31.2 Å². The second-order valence-electron chi connectivity index (χ2n) is 4.80. The molecule has 0 radical (unpaired) electrons. The topological polar surface area (TPSA) is 43.6 Å². The number of hydrogen-bond acceptors (Lipinski definition) is 3. The normalized spacial score (nSPS) is 10.7. The standard InChI is InChI=1S/C16H16N4/c1-3-13-4-6-14(7-5-13)15-8-12(2)9-17-16(15)20-10-18-19-11-20/h4-11H,3H2,1-2H3. The highest BCUT2D eigenvalue weighted by Gasteiger charge is 2.09. The van der Waals surface area contributed by atoms with Gasteiger partial charge in [0.05, 0.1) is 0 Å². The molecule has 1 aromatic carbocycles. The Morgan fingerprint density at radius 3 is 2.40 bits per heavy atom. The Morgan fingerprint density at radius 1 is 1.05 bits per heavy atom. The Labute approximate surface area is 118 Å². The van der Waals surface area contributed by atoms with Crippen LogP contribution < -0.4 is 0 Å². The largest absolute Gasteiger partial charge is 0.271 e. The van der Waals surface area contributed by atoms with Crippen LogP contribution in [0.4, 0.5) is 0 Å². The Kier molecular flexibility index (Phi) is 3.29. The summed E-state index contributed by atoms with van der Waals surface area (Å²) in [5.74, 6) is 0.852. The Morgan fingerprint density at radius 2 is 1.75 bits per heavy atom. The summed E-state index contributed by atoms with van der Waals surface area (Å²) in [4.78, 5) is 4.52. The van der Waals surface area contributed by atoms with Crippen LogP contribution in [0, 0.1) is 6.92 Å². The molecule has 0 spiro atoms. The van der Waals surface area contributed by atoms with Crippen molar-refractivity contribution >= 4 is 0 Å². The van der Waals surface area contributed by atoms with E-state index < -0.39 is 0 Å². The molecule has 0 bridgehead atoms. The van der Waals surface area contributed by atoms with E-state index >= 15 is 0 Å². The fraction of sp³-hybridized carbons (Fsp3) is 0.188. The Hall–Kier alpha value is -2.49. The number of rotatable bonds is 3. The summed E-state index contributed by atoms with van der Waals surface area (Å²) < 4.78 is 1.84. The van der Waals surface area contributed by atoms with Gasteiger partial charge in [-0.25, -0.2) is 4.98 Å². The molecule has 0 fully saturated rings. The van der Waals surface area contributed by atoms with Crippen LogP contribution in [0.15, 0.2) is 49.2 Å². The first-order chi connectivity index (χ1) is 9.78. The van der Waals surface area contributed by atoms with Crippen molar-refractivity contribution in [1.82, 2.24) is 19.7 Å². The van der Waals surface area contributed by atoms with Gasteiger partial charge in [0.15, 0.2) is 0 Å². The predicted octanol–water partition coefficient (Wildman–Crippen LogP) is 3.20. The zero-order valence-corrected chi connectivity index (χ0v) is 11.6. The molecule has 20 heavy (non-hydrogen) atoms. The van der Waals surface area contributed by atoms with Crippen LogP contribution in [-0.2, 0) is 6.42 Å². The van der Waals surface area contributed by atoms with E-state index in [9.17, 15) is 0 Å². The van der Waals surface area contributed by atoms with E-state index in [2.05, 4.69) is 52.4 Å². The SMILES string of the molecule is CCc1ccc(-c2cc(C)cnc2-n2cnnc2)cc1. The molecule has 4 nitrogen and oxygen atoms in total. The third kappa shape index (κ3) is 2.32. The number of hydrogen-bond donors (Lipinski definition) is 0. The highest BCUT2D eigenvalue weighted by Crippen LogP contribution is 2.26. The third-order valence-corrected chi connectivity index (χ3v) is 3.34. The molecular weight excluding hydrogens is 248 g/mol. The molecule has 2 aromatic heterocycles. The highest BCUT2D eigenvalue weighted by atomic mass is 15.2. The molecule has 2 heterocycles. The first-order valence-corrected chi connectivity index (χ1v) is 6.69. The number of aryl methyl sites for hydroxylation is 2. The highest BCUT2D eigenvalue weighted by molar-refractivity contribution is 5.71. The molecule has 0 amide bonds. The van der Waals surface area contributed by atoms with Crippen LogP contribution in [0.3, 0.4) is 0 Å². The lowest BCUT2D eigenvalue weighted by molar-refractivity contribution is 0.989. The van der Waals surface area contributed by atoms with Gasteiger partial charge in [-0.3, -0.25) is 4.57 Å². The van der Waals surface area contributed by atoms with E-state index in [-0.39, 0.29) is 0 Å². The zero-order valence-electron chi connectivity index (χ0n) is 11.6. The van der Waals surface area contributed by atoms with Crippen molar-refractivity contribution in [2.75, 3.05) is 0 Å². The van der Waals surface area contributed by atoms with Crippen LogP contribution in [0.2, 0.25) is 0 Å². The molecule has 0 aliphatic heterocycles. The summed E-state index contributed by atoms with van der Waals surface area (Å²) in [7, 11) is 0. The summed E-state index contributed by atoms with van der Waals surface area (Å²) in [6, 6.07) is 10.7. The minimum atomic E-state index is 0.852. The average molecular weight is 264 g/mol. The molecule has 4 heteroatoms. The first kappa shape index (κ1) is 12.5. The van der Waals surface area contributed by atoms with Gasteiger partial charge in [0.2, 0.25) is 0 Å². The van der Waals surface area contributed by atoms with Gasteiger partial charge in [0.1, 0.15) is 18.5 Å². The van der Waals surface area contributed by atoms with Crippen molar-refractivity contribution in [2.24, 2.45) is 0 Å². The summed E-state index contributed by atoms with van der Waals surface area (Å²) in [6.07, 6.45) is 6.24. The van der Waals surface area contributed by atoms with E-state index in [1.165, 1.54) is 5.56 Å². The van der Waals surface area contributed by atoms with Crippen molar-refractivity contribution in [3.63, 3.8) is 0 Å². The minimum absolute atomic E-state index is 0.852. The summed E-state index contributed by atoms with van der Waals surface area (Å²) in [5.41, 5.74) is 4.71. The van der Waals surface area contributed by atoms with E-state index in [0.29, 0.717) is 0 Å². The maximum atomic E-state index is 4.52. The van der Waals surface area contributed by atoms with E-state index in [1.54, 1.807) is 12.7 Å². The molecule has 0 unspecified atom stereocenters. The van der Waals surface area contributed by atoms with Gasteiger partial charge in [-0.15, -0.1) is 10.2 Å². The van der Waals surface area contributed by atoms with Crippen LogP contribution >= 0.6 is 0 Å². The number of pyridine rings is 1. The number of benzene rings is 1. The lowest BCUT2D eigenvalue weighted by atomic mass is 10.0. The lowest BCUT2D eigenvalue weighted by Crippen LogP contribution is -1.98. The smallest absolute Gasteiger partial charge is 0.147 e. The zero-order chi connectivity index (χ0) is 13.9. The fourth-order valence-electron chi connectivity index (χ4n) is 2.21. The molecule has 0 aliphatic rings.